The summed E-state index contributed by atoms with van der Waals surface area (Å²) in [7, 11) is 0. The van der Waals surface area contributed by atoms with Crippen LogP contribution in [-0.2, 0) is 4.74 Å². The SMILES string of the molecule is O[C@@H]1[C@H](C(F)(F)F)O[C@@H](Br)C[C@@H]1O. The van der Waals surface area contributed by atoms with Crippen LogP contribution >= 0.6 is 15.9 Å². The molecular formula is C6H8BrF3O3. The molecule has 0 bridgehead atoms. The Kier molecular flexibility index (Phi) is 3.21. The second-order valence-corrected chi connectivity index (χ2v) is 3.82. The van der Waals surface area contributed by atoms with Crippen molar-refractivity contribution in [1.29, 1.82) is 0 Å². The molecule has 0 radical (unpaired) electrons. The van der Waals surface area contributed by atoms with Crippen molar-refractivity contribution in [3.63, 3.8) is 0 Å². The van der Waals surface area contributed by atoms with Gasteiger partial charge in [0.25, 0.3) is 0 Å². The van der Waals surface area contributed by atoms with E-state index in [9.17, 15) is 13.2 Å². The van der Waals surface area contributed by atoms with E-state index in [1.165, 1.54) is 0 Å². The van der Waals surface area contributed by atoms with E-state index in [0.717, 1.165) is 0 Å². The van der Waals surface area contributed by atoms with Crippen LogP contribution in [0.25, 0.3) is 0 Å². The van der Waals surface area contributed by atoms with Crippen LogP contribution in [0.4, 0.5) is 13.2 Å². The van der Waals surface area contributed by atoms with Crippen LogP contribution in [0.15, 0.2) is 0 Å². The third-order valence-corrected chi connectivity index (χ3v) is 2.34. The van der Waals surface area contributed by atoms with Gasteiger partial charge < -0.3 is 14.9 Å². The highest BCUT2D eigenvalue weighted by molar-refractivity contribution is 9.09. The highest BCUT2D eigenvalue weighted by Gasteiger charge is 2.51. The molecule has 0 aromatic carbocycles. The zero-order valence-electron chi connectivity index (χ0n) is 6.33. The molecule has 0 aliphatic carbocycles. The van der Waals surface area contributed by atoms with E-state index >= 15 is 0 Å². The van der Waals surface area contributed by atoms with Crippen molar-refractivity contribution in [2.24, 2.45) is 0 Å². The molecule has 0 spiro atoms. The van der Waals surface area contributed by atoms with Gasteiger partial charge in [0.1, 0.15) is 11.1 Å². The predicted octanol–water partition coefficient (Wildman–Crippen LogP) is 0.780. The highest BCUT2D eigenvalue weighted by atomic mass is 79.9. The van der Waals surface area contributed by atoms with Gasteiger partial charge in [0.05, 0.1) is 6.10 Å². The van der Waals surface area contributed by atoms with Crippen LogP contribution in [0.2, 0.25) is 0 Å². The summed E-state index contributed by atoms with van der Waals surface area (Å²) in [5.74, 6) is 0. The first-order valence-corrected chi connectivity index (χ1v) is 4.46. The first-order valence-electron chi connectivity index (χ1n) is 3.54. The summed E-state index contributed by atoms with van der Waals surface area (Å²) in [5, 5.41) is 17.1. The van der Waals surface area contributed by atoms with Gasteiger partial charge >= 0.3 is 6.18 Å². The molecule has 1 aliphatic heterocycles. The van der Waals surface area contributed by atoms with Gasteiger partial charge in [-0.25, -0.2) is 0 Å². The maximum absolute atomic E-state index is 12.1. The zero-order valence-corrected chi connectivity index (χ0v) is 7.92. The standard InChI is InChI=1S/C6H8BrF3O3/c7-3-1-2(11)4(12)5(13-3)6(8,9)10/h2-5,11-12H,1H2/t2-,3+,4-,5+/m0/s1. The lowest BCUT2D eigenvalue weighted by Gasteiger charge is -2.35. The number of alkyl halides is 4. The van der Waals surface area contributed by atoms with Crippen LogP contribution in [0.1, 0.15) is 6.42 Å². The fourth-order valence-corrected chi connectivity index (χ4v) is 1.71. The number of halogens is 4. The number of hydrogen-bond donors (Lipinski definition) is 2. The van der Waals surface area contributed by atoms with Crippen LogP contribution in [0.5, 0.6) is 0 Å². The molecule has 1 fully saturated rings. The first-order chi connectivity index (χ1) is 5.82. The minimum absolute atomic E-state index is 0.0618. The minimum atomic E-state index is -4.66. The predicted molar refractivity (Wildman–Crippen MR) is 40.3 cm³/mol. The third-order valence-electron chi connectivity index (χ3n) is 1.75. The Morgan fingerprint density at radius 2 is 1.85 bits per heavy atom. The van der Waals surface area contributed by atoms with Gasteiger partial charge in [-0.3, -0.25) is 0 Å². The monoisotopic (exact) mass is 264 g/mol. The molecule has 4 atom stereocenters. The fourth-order valence-electron chi connectivity index (χ4n) is 1.10. The zero-order chi connectivity index (χ0) is 10.2. The maximum atomic E-state index is 12.1. The summed E-state index contributed by atoms with van der Waals surface area (Å²) >= 11 is 2.80. The molecule has 1 saturated heterocycles. The second kappa shape index (κ2) is 3.72. The van der Waals surface area contributed by atoms with Crippen molar-refractivity contribution in [2.75, 3.05) is 0 Å². The fraction of sp³-hybridized carbons (Fsp3) is 1.00. The molecule has 0 amide bonds. The lowest BCUT2D eigenvalue weighted by atomic mass is 10.0. The summed E-state index contributed by atoms with van der Waals surface area (Å²) in [6, 6.07) is 0. The Bertz CT molecular complexity index is 186. The lowest BCUT2D eigenvalue weighted by molar-refractivity contribution is -0.277. The summed E-state index contributed by atoms with van der Waals surface area (Å²) in [4.78, 5) is 0. The molecule has 7 heteroatoms. The Morgan fingerprint density at radius 1 is 1.31 bits per heavy atom. The van der Waals surface area contributed by atoms with Gasteiger partial charge in [-0.2, -0.15) is 13.2 Å². The molecule has 78 valence electrons. The van der Waals surface area contributed by atoms with Gasteiger partial charge in [-0.05, 0) is 0 Å². The van der Waals surface area contributed by atoms with E-state index in [1.807, 2.05) is 0 Å². The Balaban J connectivity index is 2.72. The normalized spacial score (nSPS) is 42.0. The average molecular weight is 265 g/mol. The van der Waals surface area contributed by atoms with Gasteiger partial charge in [0.2, 0.25) is 0 Å². The molecule has 2 N–H and O–H groups in total. The van der Waals surface area contributed by atoms with Gasteiger partial charge in [-0.15, -0.1) is 0 Å². The number of hydrogen-bond acceptors (Lipinski definition) is 3. The van der Waals surface area contributed by atoms with Crippen LogP contribution in [0.3, 0.4) is 0 Å². The molecule has 1 aliphatic rings. The maximum Gasteiger partial charge on any atom is 0.417 e. The van der Waals surface area contributed by atoms with Crippen LogP contribution in [0, 0.1) is 0 Å². The Morgan fingerprint density at radius 3 is 2.31 bits per heavy atom. The van der Waals surface area contributed by atoms with E-state index < -0.39 is 29.5 Å². The van der Waals surface area contributed by atoms with E-state index in [0.29, 0.717) is 0 Å². The average Bonchev–Trinajstić information content (AvgIpc) is 1.94. The molecular weight excluding hydrogens is 257 g/mol. The molecule has 3 nitrogen and oxygen atoms in total. The summed E-state index contributed by atoms with van der Waals surface area (Å²) in [6.45, 7) is 0. The molecule has 1 heterocycles. The van der Waals surface area contributed by atoms with Crippen molar-refractivity contribution in [3.8, 4) is 0 Å². The van der Waals surface area contributed by atoms with Crippen molar-refractivity contribution in [3.05, 3.63) is 0 Å². The summed E-state index contributed by atoms with van der Waals surface area (Å²) in [5.41, 5.74) is 0. The molecule has 0 aromatic heterocycles. The van der Waals surface area contributed by atoms with Gasteiger partial charge in [0, 0.05) is 6.42 Å². The highest BCUT2D eigenvalue weighted by Crippen LogP contribution is 2.34. The number of aliphatic hydroxyl groups is 2. The largest absolute Gasteiger partial charge is 0.417 e. The van der Waals surface area contributed by atoms with Crippen molar-refractivity contribution in [1.82, 2.24) is 0 Å². The molecule has 1 rings (SSSR count). The number of aliphatic hydroxyl groups excluding tert-OH is 2. The van der Waals surface area contributed by atoms with Crippen LogP contribution < -0.4 is 0 Å². The van der Waals surface area contributed by atoms with Crippen molar-refractivity contribution in [2.45, 2.75) is 35.9 Å². The van der Waals surface area contributed by atoms with Gasteiger partial charge in [0.15, 0.2) is 6.10 Å². The second-order valence-electron chi connectivity index (χ2n) is 2.80. The third kappa shape index (κ3) is 2.55. The Labute approximate surface area is 80.6 Å². The lowest BCUT2D eigenvalue weighted by Crippen LogP contribution is -2.53. The van der Waals surface area contributed by atoms with Crippen molar-refractivity contribution >= 4 is 15.9 Å². The number of rotatable bonds is 0. The molecule has 13 heavy (non-hydrogen) atoms. The summed E-state index contributed by atoms with van der Waals surface area (Å²) in [6.07, 6.45) is -10.4. The molecule has 0 unspecified atom stereocenters. The van der Waals surface area contributed by atoms with Gasteiger partial charge in [-0.1, -0.05) is 15.9 Å². The van der Waals surface area contributed by atoms with E-state index in [2.05, 4.69) is 20.7 Å². The quantitative estimate of drug-likeness (QED) is 0.636. The van der Waals surface area contributed by atoms with E-state index in [4.69, 9.17) is 10.2 Å². The summed E-state index contributed by atoms with van der Waals surface area (Å²) < 4.78 is 40.8. The molecule has 0 aromatic rings. The first kappa shape index (κ1) is 11.2. The Hall–Kier alpha value is 0.150. The van der Waals surface area contributed by atoms with Crippen LogP contribution in [-0.4, -0.2) is 39.7 Å². The topological polar surface area (TPSA) is 49.7 Å². The minimum Gasteiger partial charge on any atom is -0.390 e. The smallest absolute Gasteiger partial charge is 0.390 e. The van der Waals surface area contributed by atoms with E-state index in [-0.39, 0.29) is 6.42 Å². The van der Waals surface area contributed by atoms with E-state index in [1.54, 1.807) is 0 Å². The number of ether oxygens (including phenoxy) is 1. The molecule has 0 saturated carbocycles. The van der Waals surface area contributed by atoms with Crippen molar-refractivity contribution < 1.29 is 28.1 Å².